The third-order valence-corrected chi connectivity index (χ3v) is 5.56. The van der Waals surface area contributed by atoms with Gasteiger partial charge in [-0.25, -0.2) is 9.97 Å². The van der Waals surface area contributed by atoms with Gasteiger partial charge in [0, 0.05) is 43.7 Å². The Labute approximate surface area is 187 Å². The van der Waals surface area contributed by atoms with E-state index in [2.05, 4.69) is 69.1 Å². The average molecular weight is 512 g/mol. The summed E-state index contributed by atoms with van der Waals surface area (Å²) >= 11 is 1.79. The first-order valence-electron chi connectivity index (χ1n) is 9.58. The molecular formula is C20H29IN6S. The molecule has 2 N–H and O–H groups in total. The van der Waals surface area contributed by atoms with Crippen LogP contribution in [-0.4, -0.2) is 40.1 Å². The number of nitrogens with zero attached hydrogens (tertiary/aromatic N) is 4. The largest absolute Gasteiger partial charge is 0.357 e. The Kier molecular flexibility index (Phi) is 9.17. The zero-order chi connectivity index (χ0) is 19.1. The van der Waals surface area contributed by atoms with Gasteiger partial charge in [-0.1, -0.05) is 19.1 Å². The van der Waals surface area contributed by atoms with Crippen LogP contribution in [0.3, 0.4) is 0 Å². The summed E-state index contributed by atoms with van der Waals surface area (Å²) in [6, 6.07) is 8.26. The van der Waals surface area contributed by atoms with Crippen LogP contribution >= 0.6 is 35.3 Å². The molecular weight excluding hydrogens is 483 g/mol. The number of aromatic nitrogens is 3. The minimum Gasteiger partial charge on any atom is -0.357 e. The second-order valence-corrected chi connectivity index (χ2v) is 7.51. The third-order valence-electron chi connectivity index (χ3n) is 4.36. The Balaban J connectivity index is 0.00000280. The lowest BCUT2D eigenvalue weighted by atomic mass is 10.3. The molecule has 2 aromatic heterocycles. The molecule has 0 aliphatic rings. The smallest absolute Gasteiger partial charge is 0.191 e. The van der Waals surface area contributed by atoms with Crippen molar-refractivity contribution < 1.29 is 0 Å². The Morgan fingerprint density at radius 3 is 2.79 bits per heavy atom. The Hall–Kier alpha value is -1.68. The standard InChI is InChI=1S/C20H28N6S.HI/c1-4-16-14-24-19(27-16)10-11-22-20(21-5-2)23-12-13-26-15(3)25-17-8-6-7-9-18(17)26;/h6-9,14H,4-5,10-13H2,1-3H3,(H2,21,22,23);1H. The molecule has 1 aromatic carbocycles. The Morgan fingerprint density at radius 1 is 1.21 bits per heavy atom. The lowest BCUT2D eigenvalue weighted by Gasteiger charge is -2.12. The molecule has 0 fully saturated rings. The average Bonchev–Trinajstić information content (AvgIpc) is 3.26. The van der Waals surface area contributed by atoms with Crippen molar-refractivity contribution in [3.8, 4) is 0 Å². The van der Waals surface area contributed by atoms with Crippen molar-refractivity contribution >= 4 is 52.3 Å². The fraction of sp³-hybridized carbons (Fsp3) is 0.450. The normalized spacial score (nSPS) is 11.5. The lowest BCUT2D eigenvalue weighted by molar-refractivity contribution is 0.660. The molecule has 0 aliphatic heterocycles. The quantitative estimate of drug-likeness (QED) is 0.274. The van der Waals surface area contributed by atoms with Crippen LogP contribution in [0.2, 0.25) is 0 Å². The van der Waals surface area contributed by atoms with Crippen molar-refractivity contribution in [1.82, 2.24) is 25.2 Å². The minimum absolute atomic E-state index is 0. The molecule has 0 saturated carbocycles. The zero-order valence-corrected chi connectivity index (χ0v) is 19.9. The van der Waals surface area contributed by atoms with Gasteiger partial charge in [0.2, 0.25) is 0 Å². The van der Waals surface area contributed by atoms with E-state index < -0.39 is 0 Å². The van der Waals surface area contributed by atoms with Crippen LogP contribution < -0.4 is 10.6 Å². The summed E-state index contributed by atoms with van der Waals surface area (Å²) in [5, 5.41) is 7.90. The first kappa shape index (κ1) is 22.6. The number of aliphatic imine (C=N–C) groups is 1. The maximum atomic E-state index is 4.68. The van der Waals surface area contributed by atoms with Gasteiger partial charge < -0.3 is 15.2 Å². The number of para-hydroxylation sites is 2. The van der Waals surface area contributed by atoms with E-state index in [9.17, 15) is 0 Å². The fourth-order valence-electron chi connectivity index (χ4n) is 3.00. The number of hydrogen-bond acceptors (Lipinski definition) is 4. The van der Waals surface area contributed by atoms with E-state index in [1.807, 2.05) is 12.3 Å². The van der Waals surface area contributed by atoms with Crippen LogP contribution in [0.5, 0.6) is 0 Å². The van der Waals surface area contributed by atoms with Gasteiger partial charge in [0.25, 0.3) is 0 Å². The van der Waals surface area contributed by atoms with E-state index in [1.54, 1.807) is 11.3 Å². The van der Waals surface area contributed by atoms with Crippen molar-refractivity contribution in [2.24, 2.45) is 4.99 Å². The number of guanidine groups is 1. The fourth-order valence-corrected chi connectivity index (χ4v) is 3.85. The van der Waals surface area contributed by atoms with Gasteiger partial charge in [0.05, 0.1) is 16.0 Å². The van der Waals surface area contributed by atoms with E-state index in [-0.39, 0.29) is 24.0 Å². The summed E-state index contributed by atoms with van der Waals surface area (Å²) in [4.78, 5) is 15.1. The number of rotatable bonds is 8. The SMILES string of the molecule is CCNC(=NCCc1ncc(CC)s1)NCCn1c(C)nc2ccccc21.I. The lowest BCUT2D eigenvalue weighted by Crippen LogP contribution is -2.39. The number of halogens is 1. The highest BCUT2D eigenvalue weighted by Crippen LogP contribution is 2.15. The van der Waals surface area contributed by atoms with E-state index in [1.165, 1.54) is 10.4 Å². The summed E-state index contributed by atoms with van der Waals surface area (Å²) in [5.74, 6) is 1.89. The molecule has 3 rings (SSSR count). The predicted octanol–water partition coefficient (Wildman–Crippen LogP) is 3.78. The molecule has 6 nitrogen and oxygen atoms in total. The van der Waals surface area contributed by atoms with Crippen molar-refractivity contribution in [2.75, 3.05) is 19.6 Å². The number of aryl methyl sites for hydroxylation is 2. The van der Waals surface area contributed by atoms with E-state index in [0.717, 1.165) is 61.3 Å². The summed E-state index contributed by atoms with van der Waals surface area (Å²) in [7, 11) is 0. The summed E-state index contributed by atoms with van der Waals surface area (Å²) in [5.41, 5.74) is 2.22. The molecule has 0 saturated heterocycles. The molecule has 0 amide bonds. The number of benzene rings is 1. The van der Waals surface area contributed by atoms with Crippen molar-refractivity contribution in [1.29, 1.82) is 0 Å². The van der Waals surface area contributed by atoms with Crippen LogP contribution in [0.4, 0.5) is 0 Å². The van der Waals surface area contributed by atoms with Crippen LogP contribution in [0.15, 0.2) is 35.5 Å². The van der Waals surface area contributed by atoms with E-state index >= 15 is 0 Å². The maximum absolute atomic E-state index is 4.68. The molecule has 0 unspecified atom stereocenters. The number of hydrogen-bond donors (Lipinski definition) is 2. The van der Waals surface area contributed by atoms with Crippen molar-refractivity contribution in [2.45, 2.75) is 40.2 Å². The van der Waals surface area contributed by atoms with Crippen LogP contribution in [0.25, 0.3) is 11.0 Å². The first-order valence-corrected chi connectivity index (χ1v) is 10.4. The third kappa shape index (κ3) is 5.91. The van der Waals surface area contributed by atoms with Gasteiger partial charge in [-0.3, -0.25) is 4.99 Å². The van der Waals surface area contributed by atoms with Gasteiger partial charge in [0.15, 0.2) is 5.96 Å². The van der Waals surface area contributed by atoms with Crippen LogP contribution in [0.1, 0.15) is 29.6 Å². The summed E-state index contributed by atoms with van der Waals surface area (Å²) < 4.78 is 2.24. The summed E-state index contributed by atoms with van der Waals surface area (Å²) in [6.07, 6.45) is 3.91. The molecule has 2 heterocycles. The number of imidazole rings is 1. The molecule has 3 aromatic rings. The molecule has 8 heteroatoms. The van der Waals surface area contributed by atoms with Crippen molar-refractivity contribution in [3.05, 3.63) is 46.2 Å². The molecule has 0 bridgehead atoms. The van der Waals surface area contributed by atoms with Gasteiger partial charge in [-0.2, -0.15) is 0 Å². The van der Waals surface area contributed by atoms with Gasteiger partial charge in [-0.05, 0) is 32.4 Å². The van der Waals surface area contributed by atoms with E-state index in [0.29, 0.717) is 0 Å². The second kappa shape index (κ2) is 11.4. The van der Waals surface area contributed by atoms with Crippen molar-refractivity contribution in [3.63, 3.8) is 0 Å². The molecule has 0 atom stereocenters. The highest BCUT2D eigenvalue weighted by Gasteiger charge is 2.06. The van der Waals surface area contributed by atoms with Crippen LogP contribution in [0, 0.1) is 6.92 Å². The molecule has 0 spiro atoms. The van der Waals surface area contributed by atoms with Gasteiger partial charge in [0.1, 0.15) is 5.82 Å². The first-order chi connectivity index (χ1) is 13.2. The highest BCUT2D eigenvalue weighted by atomic mass is 127. The predicted molar refractivity (Wildman–Crippen MR) is 129 cm³/mol. The molecule has 28 heavy (non-hydrogen) atoms. The molecule has 0 aliphatic carbocycles. The number of thiazole rings is 1. The van der Waals surface area contributed by atoms with Crippen LogP contribution in [-0.2, 0) is 19.4 Å². The monoisotopic (exact) mass is 512 g/mol. The van der Waals surface area contributed by atoms with Gasteiger partial charge in [-0.15, -0.1) is 35.3 Å². The van der Waals surface area contributed by atoms with E-state index in [4.69, 9.17) is 0 Å². The Bertz CT molecular complexity index is 901. The minimum atomic E-state index is 0. The number of nitrogens with one attached hydrogen (secondary N) is 2. The molecule has 152 valence electrons. The molecule has 0 radical (unpaired) electrons. The topological polar surface area (TPSA) is 67.1 Å². The maximum Gasteiger partial charge on any atom is 0.191 e. The zero-order valence-electron chi connectivity index (χ0n) is 16.7. The highest BCUT2D eigenvalue weighted by molar-refractivity contribution is 14.0. The number of fused-ring (bicyclic) bond motifs is 1. The Morgan fingerprint density at radius 2 is 2.04 bits per heavy atom. The van der Waals surface area contributed by atoms with Gasteiger partial charge >= 0.3 is 0 Å². The second-order valence-electron chi connectivity index (χ2n) is 6.31. The summed E-state index contributed by atoms with van der Waals surface area (Å²) in [6.45, 7) is 9.52.